The van der Waals surface area contributed by atoms with Crippen LogP contribution in [-0.2, 0) is 10.5 Å². The molecule has 2 rings (SSSR count). The first-order chi connectivity index (χ1) is 10.2. The van der Waals surface area contributed by atoms with Gasteiger partial charge in [-0.1, -0.05) is 44.2 Å². The fraction of sp³-hybridized carbons (Fsp3) is 0.588. The van der Waals surface area contributed by atoms with Gasteiger partial charge in [-0.15, -0.1) is 11.8 Å². The van der Waals surface area contributed by atoms with E-state index in [0.717, 1.165) is 31.7 Å². The Morgan fingerprint density at radius 3 is 2.76 bits per heavy atom. The van der Waals surface area contributed by atoms with Gasteiger partial charge in [-0.05, 0) is 30.9 Å². The summed E-state index contributed by atoms with van der Waals surface area (Å²) in [6, 6.07) is 10.7. The highest BCUT2D eigenvalue weighted by Gasteiger charge is 2.25. The number of thioether (sulfide) groups is 1. The van der Waals surface area contributed by atoms with E-state index in [4.69, 9.17) is 0 Å². The van der Waals surface area contributed by atoms with Crippen molar-refractivity contribution in [2.75, 3.05) is 13.1 Å². The number of rotatable bonds is 6. The number of carbonyl (C=O) groups is 1. The minimum atomic E-state index is 0.0205. The molecule has 1 heterocycles. The van der Waals surface area contributed by atoms with Crippen LogP contribution in [0.2, 0.25) is 0 Å². The predicted octanol–water partition coefficient (Wildman–Crippen LogP) is 2.81. The van der Waals surface area contributed by atoms with Crippen molar-refractivity contribution in [2.45, 2.75) is 43.7 Å². The Hall–Kier alpha value is -1.00. The van der Waals surface area contributed by atoms with E-state index in [1.165, 1.54) is 5.56 Å². The third-order valence-electron chi connectivity index (χ3n) is 3.78. The molecule has 3 nitrogen and oxygen atoms in total. The van der Waals surface area contributed by atoms with Gasteiger partial charge in [0.1, 0.15) is 0 Å². The zero-order valence-electron chi connectivity index (χ0n) is 13.0. The van der Waals surface area contributed by atoms with Gasteiger partial charge in [-0.3, -0.25) is 4.79 Å². The lowest BCUT2D eigenvalue weighted by Gasteiger charge is -2.27. The highest BCUT2D eigenvalue weighted by molar-refractivity contribution is 7.99. The second kappa shape index (κ2) is 8.44. The molecule has 4 heteroatoms. The maximum atomic E-state index is 12.5. The van der Waals surface area contributed by atoms with Crippen LogP contribution in [0.15, 0.2) is 30.3 Å². The van der Waals surface area contributed by atoms with Gasteiger partial charge in [0.25, 0.3) is 0 Å². The van der Waals surface area contributed by atoms with E-state index in [2.05, 4.69) is 36.6 Å². The number of amides is 1. The summed E-state index contributed by atoms with van der Waals surface area (Å²) in [6.07, 6.45) is 2.24. The largest absolute Gasteiger partial charge is 0.351 e. The van der Waals surface area contributed by atoms with E-state index in [1.54, 1.807) is 11.8 Å². The smallest absolute Gasteiger partial charge is 0.233 e. The van der Waals surface area contributed by atoms with Crippen LogP contribution in [0.4, 0.5) is 0 Å². The number of hydrogen-bond acceptors (Lipinski definition) is 3. The molecule has 116 valence electrons. The van der Waals surface area contributed by atoms with Crippen LogP contribution in [-0.4, -0.2) is 30.3 Å². The average Bonchev–Trinajstić information content (AvgIpc) is 2.49. The molecule has 21 heavy (non-hydrogen) atoms. The van der Waals surface area contributed by atoms with Crippen LogP contribution in [0.1, 0.15) is 32.3 Å². The molecule has 0 aliphatic carbocycles. The Bertz CT molecular complexity index is 430. The van der Waals surface area contributed by atoms with Crippen LogP contribution >= 0.6 is 11.8 Å². The number of benzene rings is 1. The number of carbonyl (C=O) groups excluding carboxylic acids is 1. The molecule has 0 aromatic heterocycles. The van der Waals surface area contributed by atoms with Crippen LogP contribution < -0.4 is 10.6 Å². The summed E-state index contributed by atoms with van der Waals surface area (Å²) in [4.78, 5) is 12.5. The average molecular weight is 306 g/mol. The van der Waals surface area contributed by atoms with Crippen molar-refractivity contribution in [1.82, 2.24) is 10.6 Å². The lowest BCUT2D eigenvalue weighted by molar-refractivity contribution is -0.122. The van der Waals surface area contributed by atoms with Gasteiger partial charge in [-0.2, -0.15) is 0 Å². The molecule has 2 N–H and O–H groups in total. The predicted molar refractivity (Wildman–Crippen MR) is 90.4 cm³/mol. The summed E-state index contributed by atoms with van der Waals surface area (Å²) in [6.45, 7) is 6.23. The van der Waals surface area contributed by atoms with Gasteiger partial charge >= 0.3 is 0 Å². The SMILES string of the molecule is CC(C)C(SCc1ccccc1)C(=O)N[C@H]1CCCNC1. The third kappa shape index (κ3) is 5.36. The Morgan fingerprint density at radius 2 is 2.14 bits per heavy atom. The van der Waals surface area contributed by atoms with Gasteiger partial charge in [-0.25, -0.2) is 0 Å². The maximum absolute atomic E-state index is 12.5. The van der Waals surface area contributed by atoms with E-state index in [1.807, 2.05) is 18.2 Å². The van der Waals surface area contributed by atoms with Crippen molar-refractivity contribution in [2.24, 2.45) is 5.92 Å². The quantitative estimate of drug-likeness (QED) is 0.849. The Labute approximate surface area is 132 Å². The Kier molecular flexibility index (Phi) is 6.58. The third-order valence-corrected chi connectivity index (χ3v) is 5.40. The zero-order valence-corrected chi connectivity index (χ0v) is 13.8. The van der Waals surface area contributed by atoms with E-state index >= 15 is 0 Å². The fourth-order valence-electron chi connectivity index (χ4n) is 2.59. The summed E-state index contributed by atoms with van der Waals surface area (Å²) < 4.78 is 0. The highest BCUT2D eigenvalue weighted by Crippen LogP contribution is 2.24. The topological polar surface area (TPSA) is 41.1 Å². The normalized spacial score (nSPS) is 20.2. The molecule has 1 amide bonds. The molecule has 1 aromatic carbocycles. The van der Waals surface area contributed by atoms with Crippen LogP contribution in [0, 0.1) is 5.92 Å². The minimum Gasteiger partial charge on any atom is -0.351 e. The van der Waals surface area contributed by atoms with Gasteiger partial charge < -0.3 is 10.6 Å². The molecule has 1 fully saturated rings. The summed E-state index contributed by atoms with van der Waals surface area (Å²) >= 11 is 1.75. The van der Waals surface area contributed by atoms with E-state index in [0.29, 0.717) is 12.0 Å². The number of piperidine rings is 1. The molecule has 1 aliphatic heterocycles. The highest BCUT2D eigenvalue weighted by atomic mass is 32.2. The van der Waals surface area contributed by atoms with Gasteiger partial charge in [0.15, 0.2) is 0 Å². The molecule has 0 bridgehead atoms. The first-order valence-electron chi connectivity index (χ1n) is 7.83. The molecule has 0 saturated carbocycles. The van der Waals surface area contributed by atoms with Crippen molar-refractivity contribution in [1.29, 1.82) is 0 Å². The number of nitrogens with one attached hydrogen (secondary N) is 2. The van der Waals surface area contributed by atoms with E-state index in [-0.39, 0.29) is 11.2 Å². The van der Waals surface area contributed by atoms with Crippen LogP contribution in [0.25, 0.3) is 0 Å². The lowest BCUT2D eigenvalue weighted by atomic mass is 10.1. The van der Waals surface area contributed by atoms with Crippen molar-refractivity contribution >= 4 is 17.7 Å². The summed E-state index contributed by atoms with van der Waals surface area (Å²) in [7, 11) is 0. The van der Waals surface area contributed by atoms with Gasteiger partial charge in [0, 0.05) is 18.3 Å². The van der Waals surface area contributed by atoms with Crippen molar-refractivity contribution < 1.29 is 4.79 Å². The molecular formula is C17H26N2OS. The molecule has 1 saturated heterocycles. The second-order valence-electron chi connectivity index (χ2n) is 6.01. The molecule has 1 aromatic rings. The first-order valence-corrected chi connectivity index (χ1v) is 8.88. The monoisotopic (exact) mass is 306 g/mol. The standard InChI is InChI=1S/C17H26N2OS/c1-13(2)16(21-12-14-7-4-3-5-8-14)17(20)19-15-9-6-10-18-11-15/h3-5,7-8,13,15-16,18H,6,9-12H2,1-2H3,(H,19,20)/t15-,16?/m0/s1. The van der Waals surface area contributed by atoms with Crippen LogP contribution in [0.3, 0.4) is 0 Å². The zero-order chi connectivity index (χ0) is 15.1. The van der Waals surface area contributed by atoms with Crippen molar-refractivity contribution in [3.63, 3.8) is 0 Å². The summed E-state index contributed by atoms with van der Waals surface area (Å²) in [5.41, 5.74) is 1.28. The van der Waals surface area contributed by atoms with E-state index in [9.17, 15) is 4.79 Å². The number of hydrogen-bond donors (Lipinski definition) is 2. The molecule has 0 radical (unpaired) electrons. The molecular weight excluding hydrogens is 280 g/mol. The fourth-order valence-corrected chi connectivity index (χ4v) is 3.76. The van der Waals surface area contributed by atoms with Gasteiger partial charge in [0.05, 0.1) is 5.25 Å². The molecule has 2 atom stereocenters. The first kappa shape index (κ1) is 16.4. The lowest BCUT2D eigenvalue weighted by Crippen LogP contribution is -2.49. The Morgan fingerprint density at radius 1 is 1.38 bits per heavy atom. The van der Waals surface area contributed by atoms with E-state index < -0.39 is 0 Å². The van der Waals surface area contributed by atoms with Gasteiger partial charge in [0.2, 0.25) is 5.91 Å². The minimum absolute atomic E-state index is 0.0205. The Balaban J connectivity index is 1.86. The second-order valence-corrected chi connectivity index (χ2v) is 7.14. The molecule has 1 aliphatic rings. The van der Waals surface area contributed by atoms with Crippen molar-refractivity contribution in [3.05, 3.63) is 35.9 Å². The molecule has 1 unspecified atom stereocenters. The summed E-state index contributed by atoms with van der Waals surface area (Å²) in [5.74, 6) is 1.43. The summed E-state index contributed by atoms with van der Waals surface area (Å²) in [5, 5.41) is 6.58. The molecule has 0 spiro atoms. The van der Waals surface area contributed by atoms with Crippen LogP contribution in [0.5, 0.6) is 0 Å². The van der Waals surface area contributed by atoms with Crippen molar-refractivity contribution in [3.8, 4) is 0 Å². The maximum Gasteiger partial charge on any atom is 0.233 e.